The first-order valence-corrected chi connectivity index (χ1v) is 10.8. The molecule has 1 amide bonds. The maximum atomic E-state index is 13.1. The molecule has 154 valence electrons. The van der Waals surface area contributed by atoms with Crippen molar-refractivity contribution in [1.29, 1.82) is 0 Å². The van der Waals surface area contributed by atoms with E-state index < -0.39 is 10.0 Å². The van der Waals surface area contributed by atoms with Gasteiger partial charge in [0.25, 0.3) is 15.9 Å². The highest BCUT2D eigenvalue weighted by atomic mass is 32.2. The van der Waals surface area contributed by atoms with Gasteiger partial charge in [0.2, 0.25) is 11.8 Å². The maximum Gasteiger partial charge on any atom is 0.293 e. The fourth-order valence-corrected chi connectivity index (χ4v) is 4.80. The molecule has 2 aliphatic rings. The fraction of sp³-hybridized carbons (Fsp3) is 0.211. The van der Waals surface area contributed by atoms with E-state index in [0.29, 0.717) is 31.9 Å². The Morgan fingerprint density at radius 1 is 1.00 bits per heavy atom. The summed E-state index contributed by atoms with van der Waals surface area (Å²) in [7, 11) is -3.77. The number of halogens is 1. The molecule has 3 aromatic rings. The van der Waals surface area contributed by atoms with E-state index in [1.165, 1.54) is 22.9 Å². The van der Waals surface area contributed by atoms with E-state index in [1.807, 2.05) is 0 Å². The van der Waals surface area contributed by atoms with Crippen LogP contribution in [0.1, 0.15) is 10.6 Å². The summed E-state index contributed by atoms with van der Waals surface area (Å²) in [5.41, 5.74) is 1.24. The number of hydrogen-bond acceptors (Lipinski definition) is 6. The Kier molecular flexibility index (Phi) is 4.21. The van der Waals surface area contributed by atoms with E-state index in [1.54, 1.807) is 35.2 Å². The summed E-state index contributed by atoms with van der Waals surface area (Å²) >= 11 is 0. The van der Waals surface area contributed by atoms with Crippen molar-refractivity contribution >= 4 is 27.6 Å². The van der Waals surface area contributed by atoms with Crippen LogP contribution in [0.3, 0.4) is 0 Å². The van der Waals surface area contributed by atoms with Crippen LogP contribution in [-0.4, -0.2) is 60.2 Å². The van der Waals surface area contributed by atoms with E-state index >= 15 is 0 Å². The second-order valence-electron chi connectivity index (χ2n) is 7.00. The summed E-state index contributed by atoms with van der Waals surface area (Å²) in [5, 5.41) is 4.25. The van der Waals surface area contributed by atoms with Gasteiger partial charge in [-0.05, 0) is 36.4 Å². The zero-order valence-electron chi connectivity index (χ0n) is 15.7. The molecule has 0 spiro atoms. The summed E-state index contributed by atoms with van der Waals surface area (Å²) in [6, 6.07) is 12.6. The first kappa shape index (κ1) is 18.6. The molecule has 1 N–H and O–H groups in total. The monoisotopic (exact) mass is 428 g/mol. The highest BCUT2D eigenvalue weighted by molar-refractivity contribution is 7.92. The average Bonchev–Trinajstić information content (AvgIpc) is 3.17. The van der Waals surface area contributed by atoms with Gasteiger partial charge >= 0.3 is 0 Å². The van der Waals surface area contributed by atoms with Gasteiger partial charge in [0.05, 0.1) is 5.69 Å². The van der Waals surface area contributed by atoms with Crippen molar-refractivity contribution in [3.63, 3.8) is 0 Å². The Labute approximate surface area is 171 Å². The minimum absolute atomic E-state index is 0.0120. The largest absolute Gasteiger partial charge is 0.368 e. The molecule has 3 heterocycles. The van der Waals surface area contributed by atoms with Crippen LogP contribution in [-0.2, 0) is 10.0 Å². The Morgan fingerprint density at radius 2 is 1.70 bits per heavy atom. The summed E-state index contributed by atoms with van der Waals surface area (Å²) in [6.07, 6.45) is 0. The van der Waals surface area contributed by atoms with Gasteiger partial charge in [0.1, 0.15) is 10.7 Å². The van der Waals surface area contributed by atoms with Gasteiger partial charge in [0.15, 0.2) is 0 Å². The number of amides is 1. The Bertz CT molecular complexity index is 1230. The van der Waals surface area contributed by atoms with E-state index in [2.05, 4.69) is 19.7 Å². The fourth-order valence-electron chi connectivity index (χ4n) is 3.63. The Morgan fingerprint density at radius 3 is 2.43 bits per heavy atom. The molecule has 1 aromatic heterocycles. The van der Waals surface area contributed by atoms with Gasteiger partial charge in [-0.15, -0.1) is 5.10 Å². The summed E-state index contributed by atoms with van der Waals surface area (Å²) in [6.45, 7) is 2.06. The molecular formula is C19H17FN6O3S. The number of piperazine rings is 1. The topological polar surface area (TPSA) is 100 Å². The number of hydrogen-bond donors (Lipinski definition) is 1. The van der Waals surface area contributed by atoms with Gasteiger partial charge in [-0.2, -0.15) is 9.67 Å². The zero-order valence-corrected chi connectivity index (χ0v) is 16.5. The van der Waals surface area contributed by atoms with Gasteiger partial charge in [-0.25, -0.2) is 17.5 Å². The van der Waals surface area contributed by atoms with Crippen LogP contribution in [0.4, 0.5) is 16.0 Å². The molecule has 2 aromatic carbocycles. The van der Waals surface area contributed by atoms with Crippen molar-refractivity contribution in [2.45, 2.75) is 4.90 Å². The molecule has 1 fully saturated rings. The van der Waals surface area contributed by atoms with Crippen molar-refractivity contribution in [3.8, 4) is 5.69 Å². The first-order chi connectivity index (χ1) is 14.4. The molecule has 0 saturated carbocycles. The number of carbonyl (C=O) groups is 1. The molecule has 9 nitrogen and oxygen atoms in total. The number of benzene rings is 2. The highest BCUT2D eigenvalue weighted by Crippen LogP contribution is 2.29. The van der Waals surface area contributed by atoms with Gasteiger partial charge in [0, 0.05) is 31.9 Å². The predicted molar refractivity (Wildman–Crippen MR) is 107 cm³/mol. The lowest BCUT2D eigenvalue weighted by Gasteiger charge is -2.35. The van der Waals surface area contributed by atoms with Crippen LogP contribution in [0.15, 0.2) is 53.4 Å². The van der Waals surface area contributed by atoms with E-state index in [9.17, 15) is 17.6 Å². The molecule has 30 heavy (non-hydrogen) atoms. The SMILES string of the molecule is O=C(c1nc2n(n1)-c1ccccc1S(=O)(=O)N2)N1CCN(c2ccc(F)cc2)CC1. The number of anilines is 2. The Hall–Kier alpha value is -3.47. The molecule has 0 bridgehead atoms. The first-order valence-electron chi connectivity index (χ1n) is 9.31. The van der Waals surface area contributed by atoms with Crippen LogP contribution >= 0.6 is 0 Å². The van der Waals surface area contributed by atoms with Crippen molar-refractivity contribution in [2.75, 3.05) is 35.8 Å². The van der Waals surface area contributed by atoms with Crippen LogP contribution in [0.25, 0.3) is 5.69 Å². The second-order valence-corrected chi connectivity index (χ2v) is 8.65. The molecule has 0 radical (unpaired) electrons. The number of sulfonamides is 1. The molecule has 5 rings (SSSR count). The van der Waals surface area contributed by atoms with Crippen LogP contribution in [0.5, 0.6) is 0 Å². The minimum atomic E-state index is -3.77. The van der Waals surface area contributed by atoms with E-state index in [0.717, 1.165) is 5.69 Å². The van der Waals surface area contributed by atoms with Gasteiger partial charge in [-0.3, -0.25) is 4.79 Å². The third kappa shape index (κ3) is 3.07. The maximum absolute atomic E-state index is 13.1. The average molecular weight is 428 g/mol. The number of nitrogens with one attached hydrogen (secondary N) is 1. The zero-order chi connectivity index (χ0) is 20.9. The number of nitrogens with zero attached hydrogens (tertiary/aromatic N) is 5. The lowest BCUT2D eigenvalue weighted by Crippen LogP contribution is -2.49. The summed E-state index contributed by atoms with van der Waals surface area (Å²) in [4.78, 5) is 20.8. The third-order valence-corrected chi connectivity index (χ3v) is 6.54. The molecule has 11 heteroatoms. The van der Waals surface area contributed by atoms with Crippen LogP contribution in [0.2, 0.25) is 0 Å². The van der Waals surface area contributed by atoms with Gasteiger partial charge < -0.3 is 9.80 Å². The molecule has 2 aliphatic heterocycles. The lowest BCUT2D eigenvalue weighted by molar-refractivity contribution is 0.0734. The quantitative estimate of drug-likeness (QED) is 0.664. The van der Waals surface area contributed by atoms with Crippen LogP contribution < -0.4 is 9.62 Å². The number of rotatable bonds is 2. The normalized spacial score (nSPS) is 17.1. The standard InChI is InChI=1S/C19H17FN6O3S/c20-13-5-7-14(8-6-13)24-9-11-25(12-10-24)18(27)17-21-19-23-30(28,29)16-4-2-1-3-15(16)26(19)22-17/h1-8H,9-12H2,(H,21,22,23). The van der Waals surface area contributed by atoms with Gasteiger partial charge in [-0.1, -0.05) is 12.1 Å². The molecule has 0 atom stereocenters. The molecule has 0 unspecified atom stereocenters. The van der Waals surface area contributed by atoms with Crippen molar-refractivity contribution in [3.05, 3.63) is 60.2 Å². The van der Waals surface area contributed by atoms with E-state index in [4.69, 9.17) is 0 Å². The molecule has 1 saturated heterocycles. The van der Waals surface area contributed by atoms with Crippen molar-refractivity contribution in [1.82, 2.24) is 19.7 Å². The predicted octanol–water partition coefficient (Wildman–Crippen LogP) is 1.48. The Balaban J connectivity index is 1.35. The number of aromatic nitrogens is 3. The summed E-state index contributed by atoms with van der Waals surface area (Å²) in [5.74, 6) is -0.742. The third-order valence-electron chi connectivity index (χ3n) is 5.17. The number of para-hydroxylation sites is 1. The molecule has 0 aliphatic carbocycles. The second kappa shape index (κ2) is 6.80. The van der Waals surface area contributed by atoms with Crippen molar-refractivity contribution < 1.29 is 17.6 Å². The summed E-state index contributed by atoms with van der Waals surface area (Å²) < 4.78 is 41.6. The lowest BCUT2D eigenvalue weighted by atomic mass is 10.2. The molecular weight excluding hydrogens is 411 g/mol. The minimum Gasteiger partial charge on any atom is -0.368 e. The van der Waals surface area contributed by atoms with Crippen molar-refractivity contribution in [2.24, 2.45) is 0 Å². The number of fused-ring (bicyclic) bond motifs is 3. The highest BCUT2D eigenvalue weighted by Gasteiger charge is 2.32. The smallest absolute Gasteiger partial charge is 0.293 e. The van der Waals surface area contributed by atoms with E-state index in [-0.39, 0.29) is 28.4 Å². The number of carbonyl (C=O) groups excluding carboxylic acids is 1. The van der Waals surface area contributed by atoms with Crippen LogP contribution in [0, 0.1) is 5.82 Å².